The number of carbonyl (C=O) groups is 3. The average molecular weight is 508 g/mol. The number of benzene rings is 1. The fraction of sp³-hybridized carbons (Fsp3) is 0.448. The highest BCUT2D eigenvalue weighted by atomic mass is 16.2. The van der Waals surface area contributed by atoms with E-state index in [-0.39, 0.29) is 23.3 Å². The molecule has 1 heterocycles. The van der Waals surface area contributed by atoms with Gasteiger partial charge in [-0.1, -0.05) is 25.8 Å². The second-order valence-electron chi connectivity index (χ2n) is 9.96. The number of hydrogen-bond donors (Lipinski definition) is 3. The summed E-state index contributed by atoms with van der Waals surface area (Å²) in [5.41, 5.74) is 4.90. The van der Waals surface area contributed by atoms with E-state index in [0.717, 1.165) is 44.2 Å². The topological polar surface area (TPSA) is 103 Å². The van der Waals surface area contributed by atoms with Gasteiger partial charge in [0, 0.05) is 54.8 Å². The number of nitrogens with one attached hydrogen (secondary N) is 3. The Morgan fingerprint density at radius 1 is 1.00 bits per heavy atom. The minimum Gasteiger partial charge on any atom is -0.353 e. The lowest BCUT2D eigenvalue weighted by molar-refractivity contribution is -0.117. The molecule has 0 atom stereocenters. The van der Waals surface area contributed by atoms with Crippen molar-refractivity contribution < 1.29 is 14.4 Å². The zero-order valence-corrected chi connectivity index (χ0v) is 22.5. The number of aromatic nitrogens is 1. The maximum atomic E-state index is 12.6. The van der Waals surface area contributed by atoms with Crippen molar-refractivity contribution >= 4 is 29.5 Å². The Hall–Kier alpha value is -3.52. The first kappa shape index (κ1) is 29.7. The summed E-state index contributed by atoms with van der Waals surface area (Å²) in [4.78, 5) is 40.7. The first-order chi connectivity index (χ1) is 17.7. The molecule has 8 heteroatoms. The molecule has 0 aliphatic carbocycles. The van der Waals surface area contributed by atoms with Crippen LogP contribution in [0, 0.1) is 0 Å². The molecule has 3 N–H and O–H groups in total. The Labute approximate surface area is 220 Å². The second kappa shape index (κ2) is 15.6. The molecular formula is C29H41N5O3. The Bertz CT molecular complexity index is 1010. The summed E-state index contributed by atoms with van der Waals surface area (Å²) >= 11 is 0. The Balaban J connectivity index is 1.61. The van der Waals surface area contributed by atoms with E-state index in [9.17, 15) is 14.4 Å². The highest BCUT2D eigenvalue weighted by Crippen LogP contribution is 2.14. The largest absolute Gasteiger partial charge is 0.353 e. The van der Waals surface area contributed by atoms with E-state index >= 15 is 0 Å². The standard InChI is InChI=1S/C29H41N5O3/c1-5-21-34(29(2,3)4)33-28(37)24-14-16-25(17-15-24)32-27(36)12-8-6-7-9-20-31-26(35)18-13-23-11-10-19-30-22-23/h10-11,13-19,22H,5-9,12,20-21H2,1-4H3,(H,31,35)(H,32,36)(H,33,37)/b18-13+. The van der Waals surface area contributed by atoms with E-state index in [2.05, 4.69) is 48.7 Å². The number of amides is 3. The van der Waals surface area contributed by atoms with Crippen LogP contribution in [0.5, 0.6) is 0 Å². The van der Waals surface area contributed by atoms with Crippen LogP contribution in [-0.4, -0.2) is 46.3 Å². The zero-order chi connectivity index (χ0) is 27.1. The highest BCUT2D eigenvalue weighted by Gasteiger charge is 2.22. The van der Waals surface area contributed by atoms with Gasteiger partial charge >= 0.3 is 0 Å². The SMILES string of the molecule is CCCN(NC(=O)c1ccc(NC(=O)CCCCCCNC(=O)/C=C/c2cccnc2)cc1)C(C)(C)C. The van der Waals surface area contributed by atoms with Crippen LogP contribution in [0.4, 0.5) is 5.69 Å². The predicted molar refractivity (Wildman–Crippen MR) is 149 cm³/mol. The maximum absolute atomic E-state index is 12.6. The molecule has 1 aromatic carbocycles. The Kier molecular flexibility index (Phi) is 12.5. The lowest BCUT2D eigenvalue weighted by Gasteiger charge is -2.35. The van der Waals surface area contributed by atoms with Crippen molar-refractivity contribution in [2.45, 2.75) is 71.8 Å². The van der Waals surface area contributed by atoms with E-state index < -0.39 is 0 Å². The van der Waals surface area contributed by atoms with Crippen molar-refractivity contribution in [1.29, 1.82) is 0 Å². The molecule has 0 spiro atoms. The van der Waals surface area contributed by atoms with Crippen molar-refractivity contribution in [2.75, 3.05) is 18.4 Å². The summed E-state index contributed by atoms with van der Waals surface area (Å²) in [6.45, 7) is 9.63. The molecule has 0 unspecified atom stereocenters. The molecule has 2 aromatic rings. The quantitative estimate of drug-likeness (QED) is 0.191. The molecular weight excluding hydrogens is 466 g/mol. The third-order valence-corrected chi connectivity index (χ3v) is 5.67. The van der Waals surface area contributed by atoms with Crippen molar-refractivity contribution in [2.24, 2.45) is 0 Å². The van der Waals surface area contributed by atoms with E-state index in [1.165, 1.54) is 6.08 Å². The first-order valence-electron chi connectivity index (χ1n) is 13.0. The third kappa shape index (κ3) is 11.8. The van der Waals surface area contributed by atoms with Gasteiger partial charge in [-0.25, -0.2) is 5.01 Å². The summed E-state index contributed by atoms with van der Waals surface area (Å²) in [5.74, 6) is -0.339. The summed E-state index contributed by atoms with van der Waals surface area (Å²) < 4.78 is 0. The van der Waals surface area contributed by atoms with Crippen LogP contribution >= 0.6 is 0 Å². The number of carbonyl (C=O) groups excluding carboxylic acids is 3. The van der Waals surface area contributed by atoms with Crippen LogP contribution in [0.2, 0.25) is 0 Å². The van der Waals surface area contributed by atoms with Crippen molar-refractivity contribution in [3.8, 4) is 0 Å². The highest BCUT2D eigenvalue weighted by molar-refractivity contribution is 5.95. The number of hydrazine groups is 1. The van der Waals surface area contributed by atoms with E-state index in [1.807, 2.05) is 17.1 Å². The van der Waals surface area contributed by atoms with Gasteiger partial charge in [0.2, 0.25) is 11.8 Å². The number of pyridine rings is 1. The summed E-state index contributed by atoms with van der Waals surface area (Å²) in [6, 6.07) is 10.6. The van der Waals surface area contributed by atoms with E-state index in [1.54, 1.807) is 42.7 Å². The van der Waals surface area contributed by atoms with Crippen molar-refractivity contribution in [1.82, 2.24) is 20.7 Å². The molecule has 200 valence electrons. The van der Waals surface area contributed by atoms with Crippen LogP contribution in [0.1, 0.15) is 82.1 Å². The molecule has 0 saturated heterocycles. The molecule has 2 rings (SSSR count). The molecule has 0 radical (unpaired) electrons. The first-order valence-corrected chi connectivity index (χ1v) is 13.0. The van der Waals surface area contributed by atoms with Crippen molar-refractivity contribution in [3.05, 3.63) is 66.0 Å². The Morgan fingerprint density at radius 3 is 2.38 bits per heavy atom. The van der Waals surface area contributed by atoms with Crippen LogP contribution in [-0.2, 0) is 9.59 Å². The zero-order valence-electron chi connectivity index (χ0n) is 22.5. The summed E-state index contributed by atoms with van der Waals surface area (Å²) in [5, 5.41) is 7.70. The second-order valence-corrected chi connectivity index (χ2v) is 9.96. The smallest absolute Gasteiger partial charge is 0.265 e. The van der Waals surface area contributed by atoms with Crippen molar-refractivity contribution in [3.63, 3.8) is 0 Å². The van der Waals surface area contributed by atoms with Crippen LogP contribution < -0.4 is 16.1 Å². The number of anilines is 1. The normalized spacial score (nSPS) is 11.5. The van der Waals surface area contributed by atoms with E-state index in [4.69, 9.17) is 0 Å². The molecule has 8 nitrogen and oxygen atoms in total. The maximum Gasteiger partial charge on any atom is 0.265 e. The number of nitrogens with zero attached hydrogens (tertiary/aromatic N) is 2. The summed E-state index contributed by atoms with van der Waals surface area (Å²) in [6.07, 6.45) is 11.5. The van der Waals surface area contributed by atoms with Gasteiger partial charge in [-0.3, -0.25) is 24.8 Å². The lowest BCUT2D eigenvalue weighted by atomic mass is 10.1. The molecule has 0 aliphatic rings. The molecule has 0 saturated carbocycles. The molecule has 3 amide bonds. The molecule has 0 bridgehead atoms. The average Bonchev–Trinajstić information content (AvgIpc) is 2.87. The molecule has 0 aliphatic heterocycles. The monoisotopic (exact) mass is 507 g/mol. The van der Waals surface area contributed by atoms with Gasteiger partial charge in [-0.15, -0.1) is 0 Å². The summed E-state index contributed by atoms with van der Waals surface area (Å²) in [7, 11) is 0. The van der Waals surface area contributed by atoms with Gasteiger partial charge in [-0.2, -0.15) is 0 Å². The lowest BCUT2D eigenvalue weighted by Crippen LogP contribution is -2.53. The molecule has 1 aromatic heterocycles. The molecule has 0 fully saturated rings. The number of unbranched alkanes of at least 4 members (excludes halogenated alkanes) is 3. The Morgan fingerprint density at radius 2 is 1.73 bits per heavy atom. The number of rotatable bonds is 14. The third-order valence-electron chi connectivity index (χ3n) is 5.67. The van der Waals surface area contributed by atoms with Gasteiger partial charge in [0.25, 0.3) is 5.91 Å². The fourth-order valence-corrected chi connectivity index (χ4v) is 3.58. The number of hydrogen-bond acceptors (Lipinski definition) is 5. The minimum atomic E-state index is -0.175. The van der Waals surface area contributed by atoms with Crippen LogP contribution in [0.15, 0.2) is 54.9 Å². The van der Waals surface area contributed by atoms with Gasteiger partial charge in [0.05, 0.1) is 0 Å². The molecule has 37 heavy (non-hydrogen) atoms. The van der Waals surface area contributed by atoms with Crippen LogP contribution in [0.3, 0.4) is 0 Å². The van der Waals surface area contributed by atoms with Crippen LogP contribution in [0.25, 0.3) is 6.08 Å². The van der Waals surface area contributed by atoms with Gasteiger partial charge in [-0.05, 0) is 82.0 Å². The van der Waals surface area contributed by atoms with Gasteiger partial charge in [0.1, 0.15) is 0 Å². The minimum absolute atomic E-state index is 0.0482. The van der Waals surface area contributed by atoms with Gasteiger partial charge < -0.3 is 10.6 Å². The van der Waals surface area contributed by atoms with E-state index in [0.29, 0.717) is 24.2 Å². The fourth-order valence-electron chi connectivity index (χ4n) is 3.58. The predicted octanol–water partition coefficient (Wildman–Crippen LogP) is 4.96. The van der Waals surface area contributed by atoms with Gasteiger partial charge in [0.15, 0.2) is 0 Å².